The predicted molar refractivity (Wildman–Crippen MR) is 90.1 cm³/mol. The van der Waals surface area contributed by atoms with E-state index in [4.69, 9.17) is 4.74 Å². The Kier molecular flexibility index (Phi) is 6.82. The standard InChI is InChI=1S/C16H27N3O2S/c1-14-10-18(5-6-19(14)7-8-21-3)12-16(20)17(2)11-15-4-9-22-13-15/h4,9,13-14H,5-8,10-12H2,1-3H3. The summed E-state index contributed by atoms with van der Waals surface area (Å²) in [6.45, 7) is 8.08. The summed E-state index contributed by atoms with van der Waals surface area (Å²) in [5.41, 5.74) is 1.21. The van der Waals surface area contributed by atoms with Crippen molar-refractivity contribution in [2.75, 3.05) is 53.5 Å². The molecule has 1 amide bonds. The monoisotopic (exact) mass is 325 g/mol. The van der Waals surface area contributed by atoms with Crippen molar-refractivity contribution in [3.63, 3.8) is 0 Å². The Morgan fingerprint density at radius 2 is 2.32 bits per heavy atom. The van der Waals surface area contributed by atoms with Crippen LogP contribution < -0.4 is 0 Å². The van der Waals surface area contributed by atoms with Gasteiger partial charge in [-0.2, -0.15) is 11.3 Å². The summed E-state index contributed by atoms with van der Waals surface area (Å²) in [4.78, 5) is 18.9. The molecule has 0 bridgehead atoms. The molecule has 22 heavy (non-hydrogen) atoms. The Morgan fingerprint density at radius 3 is 2.95 bits per heavy atom. The number of rotatable bonds is 7. The summed E-state index contributed by atoms with van der Waals surface area (Å²) in [5, 5.41) is 4.15. The average Bonchev–Trinajstić information content (AvgIpc) is 2.99. The number of ether oxygens (including phenoxy) is 1. The van der Waals surface area contributed by atoms with Crippen molar-refractivity contribution in [1.82, 2.24) is 14.7 Å². The number of piperazine rings is 1. The van der Waals surface area contributed by atoms with E-state index in [1.165, 1.54) is 5.56 Å². The average molecular weight is 325 g/mol. The van der Waals surface area contributed by atoms with E-state index < -0.39 is 0 Å². The van der Waals surface area contributed by atoms with Gasteiger partial charge < -0.3 is 9.64 Å². The van der Waals surface area contributed by atoms with Crippen LogP contribution in [0.15, 0.2) is 16.8 Å². The highest BCUT2D eigenvalue weighted by Crippen LogP contribution is 2.11. The first kappa shape index (κ1) is 17.4. The number of methoxy groups -OCH3 is 1. The van der Waals surface area contributed by atoms with E-state index in [-0.39, 0.29) is 5.91 Å². The highest BCUT2D eigenvalue weighted by atomic mass is 32.1. The molecule has 1 fully saturated rings. The van der Waals surface area contributed by atoms with Crippen LogP contribution in [0.2, 0.25) is 0 Å². The van der Waals surface area contributed by atoms with Crippen molar-refractivity contribution in [3.05, 3.63) is 22.4 Å². The molecule has 2 rings (SSSR count). The van der Waals surface area contributed by atoms with Crippen LogP contribution >= 0.6 is 11.3 Å². The van der Waals surface area contributed by atoms with E-state index in [9.17, 15) is 4.79 Å². The quantitative estimate of drug-likeness (QED) is 0.758. The molecule has 1 unspecified atom stereocenters. The topological polar surface area (TPSA) is 36.0 Å². The second-order valence-corrected chi connectivity index (χ2v) is 6.77. The summed E-state index contributed by atoms with van der Waals surface area (Å²) in [6.07, 6.45) is 0. The van der Waals surface area contributed by atoms with Gasteiger partial charge in [-0.05, 0) is 29.3 Å². The highest BCUT2D eigenvalue weighted by molar-refractivity contribution is 7.07. The van der Waals surface area contributed by atoms with Crippen molar-refractivity contribution in [1.29, 1.82) is 0 Å². The first-order valence-electron chi connectivity index (χ1n) is 7.80. The summed E-state index contributed by atoms with van der Waals surface area (Å²) in [6, 6.07) is 2.55. The fraction of sp³-hybridized carbons (Fsp3) is 0.688. The third-order valence-electron chi connectivity index (χ3n) is 4.22. The Hall–Kier alpha value is -0.950. The van der Waals surface area contributed by atoms with Crippen LogP contribution in [0, 0.1) is 0 Å². The Morgan fingerprint density at radius 1 is 1.50 bits per heavy atom. The highest BCUT2D eigenvalue weighted by Gasteiger charge is 2.25. The SMILES string of the molecule is COCCN1CCN(CC(=O)N(C)Cc2ccsc2)CC1C. The van der Waals surface area contributed by atoms with E-state index in [1.807, 2.05) is 11.9 Å². The van der Waals surface area contributed by atoms with Crippen molar-refractivity contribution in [3.8, 4) is 0 Å². The number of carbonyl (C=O) groups is 1. The zero-order chi connectivity index (χ0) is 15.9. The molecule has 1 atom stereocenters. The molecule has 1 aliphatic rings. The molecule has 0 N–H and O–H groups in total. The zero-order valence-electron chi connectivity index (χ0n) is 13.8. The minimum atomic E-state index is 0.198. The lowest BCUT2D eigenvalue weighted by Gasteiger charge is -2.39. The number of hydrogen-bond donors (Lipinski definition) is 0. The van der Waals surface area contributed by atoms with Crippen molar-refractivity contribution in [2.45, 2.75) is 19.5 Å². The number of amides is 1. The maximum Gasteiger partial charge on any atom is 0.236 e. The number of thiophene rings is 1. The van der Waals surface area contributed by atoms with Crippen molar-refractivity contribution in [2.24, 2.45) is 0 Å². The van der Waals surface area contributed by atoms with Gasteiger partial charge in [0.1, 0.15) is 0 Å². The van der Waals surface area contributed by atoms with Gasteiger partial charge in [0.2, 0.25) is 5.91 Å². The molecule has 0 radical (unpaired) electrons. The third-order valence-corrected chi connectivity index (χ3v) is 4.95. The molecular formula is C16H27N3O2S. The number of nitrogens with zero attached hydrogens (tertiary/aromatic N) is 3. The van der Waals surface area contributed by atoms with E-state index in [1.54, 1.807) is 18.4 Å². The maximum absolute atomic E-state index is 12.4. The van der Waals surface area contributed by atoms with Crippen LogP contribution in [0.4, 0.5) is 0 Å². The van der Waals surface area contributed by atoms with Gasteiger partial charge in [0, 0.05) is 52.9 Å². The van der Waals surface area contributed by atoms with Gasteiger partial charge in [0.25, 0.3) is 0 Å². The molecular weight excluding hydrogens is 298 g/mol. The summed E-state index contributed by atoms with van der Waals surface area (Å²) >= 11 is 1.67. The molecule has 0 aliphatic carbocycles. The van der Waals surface area contributed by atoms with E-state index in [2.05, 4.69) is 33.6 Å². The molecule has 1 saturated heterocycles. The number of carbonyl (C=O) groups excluding carboxylic acids is 1. The second kappa shape index (κ2) is 8.62. The molecule has 5 nitrogen and oxygen atoms in total. The summed E-state index contributed by atoms with van der Waals surface area (Å²) in [5.74, 6) is 0.198. The molecule has 1 aromatic heterocycles. The normalized spacial score (nSPS) is 20.2. The Bertz CT molecular complexity index is 452. The predicted octanol–water partition coefficient (Wildman–Crippen LogP) is 1.36. The second-order valence-electron chi connectivity index (χ2n) is 5.99. The lowest BCUT2D eigenvalue weighted by atomic mass is 10.2. The van der Waals surface area contributed by atoms with Crippen LogP contribution in [0.5, 0.6) is 0 Å². The molecule has 1 aliphatic heterocycles. The third kappa shape index (κ3) is 5.05. The first-order valence-corrected chi connectivity index (χ1v) is 8.75. The van der Waals surface area contributed by atoms with Crippen molar-refractivity contribution >= 4 is 17.2 Å². The molecule has 124 valence electrons. The van der Waals surface area contributed by atoms with E-state index >= 15 is 0 Å². The fourth-order valence-electron chi connectivity index (χ4n) is 2.81. The van der Waals surface area contributed by atoms with Gasteiger partial charge in [-0.15, -0.1) is 0 Å². The number of likely N-dealkylation sites (N-methyl/N-ethyl adjacent to an activating group) is 1. The van der Waals surface area contributed by atoms with Gasteiger partial charge in [0.05, 0.1) is 13.2 Å². The lowest BCUT2D eigenvalue weighted by molar-refractivity contribution is -0.132. The van der Waals surface area contributed by atoms with Gasteiger partial charge in [-0.3, -0.25) is 14.6 Å². The molecule has 1 aromatic rings. The van der Waals surface area contributed by atoms with Gasteiger partial charge in [-0.1, -0.05) is 0 Å². The summed E-state index contributed by atoms with van der Waals surface area (Å²) < 4.78 is 5.15. The van der Waals surface area contributed by atoms with Gasteiger partial charge >= 0.3 is 0 Å². The van der Waals surface area contributed by atoms with Gasteiger partial charge in [-0.25, -0.2) is 0 Å². The van der Waals surface area contributed by atoms with Crippen LogP contribution in [-0.4, -0.2) is 80.1 Å². The van der Waals surface area contributed by atoms with Crippen molar-refractivity contribution < 1.29 is 9.53 Å². The van der Waals surface area contributed by atoms with E-state index in [0.717, 1.165) is 32.8 Å². The smallest absolute Gasteiger partial charge is 0.236 e. The summed E-state index contributed by atoms with van der Waals surface area (Å²) in [7, 11) is 3.63. The zero-order valence-corrected chi connectivity index (χ0v) is 14.6. The Balaban J connectivity index is 1.75. The largest absolute Gasteiger partial charge is 0.383 e. The minimum Gasteiger partial charge on any atom is -0.383 e. The molecule has 0 saturated carbocycles. The van der Waals surface area contributed by atoms with Crippen LogP contribution in [-0.2, 0) is 16.1 Å². The fourth-order valence-corrected chi connectivity index (χ4v) is 3.47. The molecule has 2 heterocycles. The minimum absolute atomic E-state index is 0.198. The molecule has 0 aromatic carbocycles. The van der Waals surface area contributed by atoms with Crippen LogP contribution in [0.1, 0.15) is 12.5 Å². The molecule has 0 spiro atoms. The van der Waals surface area contributed by atoms with Gasteiger partial charge in [0.15, 0.2) is 0 Å². The molecule has 6 heteroatoms. The van der Waals surface area contributed by atoms with Crippen LogP contribution in [0.3, 0.4) is 0 Å². The lowest BCUT2D eigenvalue weighted by Crippen LogP contribution is -2.54. The maximum atomic E-state index is 12.4. The van der Waals surface area contributed by atoms with E-state index in [0.29, 0.717) is 19.1 Å². The van der Waals surface area contributed by atoms with Crippen LogP contribution in [0.25, 0.3) is 0 Å². The number of hydrogen-bond acceptors (Lipinski definition) is 5. The first-order chi connectivity index (χ1) is 10.6. The Labute approximate surface area is 137 Å².